The van der Waals surface area contributed by atoms with E-state index in [-0.39, 0.29) is 17.6 Å². The fourth-order valence-corrected chi connectivity index (χ4v) is 4.52. The van der Waals surface area contributed by atoms with Crippen LogP contribution in [0, 0.1) is 11.7 Å². The maximum absolute atomic E-state index is 14.2. The third kappa shape index (κ3) is 5.62. The molecule has 0 spiro atoms. The number of para-hydroxylation sites is 1. The second-order valence-corrected chi connectivity index (χ2v) is 9.36. The first-order chi connectivity index (χ1) is 16.5. The van der Waals surface area contributed by atoms with Gasteiger partial charge in [0, 0.05) is 12.1 Å². The Morgan fingerprint density at radius 1 is 1.06 bits per heavy atom. The number of nitrogens with one attached hydrogen (secondary N) is 1. The molecule has 1 saturated heterocycles. The Kier molecular flexibility index (Phi) is 7.58. The number of hydrogen-bond acceptors (Lipinski definition) is 4. The summed E-state index contributed by atoms with van der Waals surface area (Å²) in [5.41, 5.74) is 0.883. The standard InChI is InChI=1S/C28H32FN3O2/c1-28(2,20-34-24-8-4-3-5-9-24)32(27(33)22-15-18-30-19-16-22)26(25-10-6-7-17-31-25)21-11-13-23(29)14-12-21/h3-14,17,22,26,30H,15-16,18-20H2,1-2H3/t26-/m0/s1. The Morgan fingerprint density at radius 3 is 2.38 bits per heavy atom. The third-order valence-electron chi connectivity index (χ3n) is 6.33. The number of nitrogens with zero attached hydrogens (tertiary/aromatic N) is 2. The number of benzene rings is 2. The molecule has 178 valence electrons. The number of amides is 1. The molecule has 3 aromatic rings. The van der Waals surface area contributed by atoms with Gasteiger partial charge in [-0.2, -0.15) is 0 Å². The average Bonchev–Trinajstić information content (AvgIpc) is 2.88. The van der Waals surface area contributed by atoms with Crippen molar-refractivity contribution in [2.24, 2.45) is 5.92 Å². The van der Waals surface area contributed by atoms with E-state index in [1.54, 1.807) is 18.3 Å². The van der Waals surface area contributed by atoms with Crippen LogP contribution in [0.3, 0.4) is 0 Å². The zero-order valence-corrected chi connectivity index (χ0v) is 19.8. The Bertz CT molecular complexity index is 1050. The maximum atomic E-state index is 14.2. The lowest BCUT2D eigenvalue weighted by Gasteiger charge is -2.45. The fourth-order valence-electron chi connectivity index (χ4n) is 4.52. The van der Waals surface area contributed by atoms with Crippen LogP contribution in [0.5, 0.6) is 5.75 Å². The molecule has 2 aromatic carbocycles. The van der Waals surface area contributed by atoms with Crippen molar-refractivity contribution < 1.29 is 13.9 Å². The monoisotopic (exact) mass is 461 g/mol. The molecule has 0 unspecified atom stereocenters. The van der Waals surface area contributed by atoms with E-state index in [0.29, 0.717) is 6.61 Å². The molecule has 1 atom stereocenters. The predicted molar refractivity (Wildman–Crippen MR) is 131 cm³/mol. The second-order valence-electron chi connectivity index (χ2n) is 9.36. The van der Waals surface area contributed by atoms with Gasteiger partial charge in [0.25, 0.3) is 0 Å². The molecule has 6 heteroatoms. The van der Waals surface area contributed by atoms with Gasteiger partial charge in [0.05, 0.1) is 17.3 Å². The molecule has 0 radical (unpaired) electrons. The lowest BCUT2D eigenvalue weighted by atomic mass is 9.89. The van der Waals surface area contributed by atoms with Gasteiger partial charge in [0.2, 0.25) is 5.91 Å². The Hall–Kier alpha value is -3.25. The lowest BCUT2D eigenvalue weighted by Crippen LogP contribution is -2.56. The summed E-state index contributed by atoms with van der Waals surface area (Å²) in [5.74, 6) is 0.416. The first kappa shape index (κ1) is 23.9. The number of ether oxygens (including phenoxy) is 1. The highest BCUT2D eigenvalue weighted by molar-refractivity contribution is 5.81. The van der Waals surface area contributed by atoms with Crippen LogP contribution in [0.1, 0.15) is 44.0 Å². The minimum absolute atomic E-state index is 0.0724. The maximum Gasteiger partial charge on any atom is 0.227 e. The number of pyridine rings is 1. The number of carbonyl (C=O) groups excluding carboxylic acids is 1. The molecular weight excluding hydrogens is 429 g/mol. The molecule has 4 rings (SSSR count). The topological polar surface area (TPSA) is 54.5 Å². The van der Waals surface area contributed by atoms with E-state index in [9.17, 15) is 9.18 Å². The van der Waals surface area contributed by atoms with E-state index in [2.05, 4.69) is 10.3 Å². The normalized spacial score (nSPS) is 15.5. The van der Waals surface area contributed by atoms with E-state index in [1.165, 1.54) is 12.1 Å². The summed E-state index contributed by atoms with van der Waals surface area (Å²) in [6.45, 7) is 5.98. The van der Waals surface area contributed by atoms with E-state index in [0.717, 1.165) is 42.9 Å². The summed E-state index contributed by atoms with van der Waals surface area (Å²) in [4.78, 5) is 20.7. The van der Waals surface area contributed by atoms with Gasteiger partial charge in [-0.25, -0.2) is 4.39 Å². The van der Waals surface area contributed by atoms with Crippen molar-refractivity contribution in [3.63, 3.8) is 0 Å². The van der Waals surface area contributed by atoms with Crippen molar-refractivity contribution in [2.75, 3.05) is 19.7 Å². The molecule has 1 amide bonds. The molecule has 5 nitrogen and oxygen atoms in total. The quantitative estimate of drug-likeness (QED) is 0.513. The molecule has 1 N–H and O–H groups in total. The van der Waals surface area contributed by atoms with Crippen LogP contribution in [0.4, 0.5) is 4.39 Å². The molecule has 1 aliphatic rings. The summed E-state index contributed by atoms with van der Waals surface area (Å²) >= 11 is 0. The van der Waals surface area contributed by atoms with E-state index < -0.39 is 11.6 Å². The molecule has 1 fully saturated rings. The van der Waals surface area contributed by atoms with Crippen molar-refractivity contribution in [2.45, 2.75) is 38.3 Å². The second kappa shape index (κ2) is 10.8. The van der Waals surface area contributed by atoms with Crippen molar-refractivity contribution in [1.82, 2.24) is 15.2 Å². The number of carbonyl (C=O) groups is 1. The molecule has 1 aromatic heterocycles. The smallest absolute Gasteiger partial charge is 0.227 e. The van der Waals surface area contributed by atoms with Crippen LogP contribution < -0.4 is 10.1 Å². The number of rotatable bonds is 8. The third-order valence-corrected chi connectivity index (χ3v) is 6.33. The largest absolute Gasteiger partial charge is 0.491 e. The first-order valence-electron chi connectivity index (χ1n) is 11.8. The number of halogens is 1. The van der Waals surface area contributed by atoms with Crippen LogP contribution in [0.15, 0.2) is 79.0 Å². The zero-order valence-electron chi connectivity index (χ0n) is 19.8. The van der Waals surface area contributed by atoms with Crippen LogP contribution in [0.25, 0.3) is 0 Å². The number of piperidine rings is 1. The molecule has 2 heterocycles. The van der Waals surface area contributed by atoms with Gasteiger partial charge < -0.3 is 15.0 Å². The highest BCUT2D eigenvalue weighted by atomic mass is 19.1. The van der Waals surface area contributed by atoms with Gasteiger partial charge in [-0.15, -0.1) is 0 Å². The summed E-state index contributed by atoms with van der Waals surface area (Å²) in [7, 11) is 0. The Labute approximate surface area is 201 Å². The van der Waals surface area contributed by atoms with E-state index in [4.69, 9.17) is 4.74 Å². The molecule has 1 aliphatic heterocycles. The average molecular weight is 462 g/mol. The van der Waals surface area contributed by atoms with Crippen LogP contribution >= 0.6 is 0 Å². The van der Waals surface area contributed by atoms with E-state index >= 15 is 0 Å². The molecule has 0 bridgehead atoms. The summed E-state index contributed by atoms with van der Waals surface area (Å²) in [6, 6.07) is 21.2. The van der Waals surface area contributed by atoms with Gasteiger partial charge in [-0.05, 0) is 81.7 Å². The molecular formula is C28H32FN3O2. The summed E-state index contributed by atoms with van der Waals surface area (Å²) in [6.07, 6.45) is 3.29. The predicted octanol–water partition coefficient (Wildman–Crippen LogP) is 5.00. The highest BCUT2D eigenvalue weighted by Gasteiger charge is 2.42. The minimum atomic E-state index is -0.672. The van der Waals surface area contributed by atoms with Gasteiger partial charge >= 0.3 is 0 Å². The van der Waals surface area contributed by atoms with Gasteiger partial charge in [0.15, 0.2) is 0 Å². The summed E-state index contributed by atoms with van der Waals surface area (Å²) in [5, 5.41) is 3.34. The minimum Gasteiger partial charge on any atom is -0.491 e. The van der Waals surface area contributed by atoms with Gasteiger partial charge in [0.1, 0.15) is 18.2 Å². The van der Waals surface area contributed by atoms with E-state index in [1.807, 2.05) is 67.3 Å². The Morgan fingerprint density at radius 2 is 1.74 bits per heavy atom. The van der Waals surface area contributed by atoms with Gasteiger partial charge in [-0.1, -0.05) is 36.4 Å². The SMILES string of the molecule is CC(C)(COc1ccccc1)N(C(=O)C1CCNCC1)[C@@H](c1ccc(F)cc1)c1ccccn1. The lowest BCUT2D eigenvalue weighted by molar-refractivity contribution is -0.146. The van der Waals surface area contributed by atoms with Crippen LogP contribution in [0.2, 0.25) is 0 Å². The van der Waals surface area contributed by atoms with Gasteiger partial charge in [-0.3, -0.25) is 9.78 Å². The fraction of sp³-hybridized carbons (Fsp3) is 0.357. The molecule has 0 saturated carbocycles. The van der Waals surface area contributed by atoms with Crippen LogP contribution in [-0.2, 0) is 4.79 Å². The van der Waals surface area contributed by atoms with Crippen molar-refractivity contribution >= 4 is 5.91 Å². The van der Waals surface area contributed by atoms with Crippen molar-refractivity contribution in [1.29, 1.82) is 0 Å². The number of hydrogen-bond donors (Lipinski definition) is 1. The summed E-state index contributed by atoms with van der Waals surface area (Å²) < 4.78 is 20.0. The molecule has 0 aliphatic carbocycles. The zero-order chi connectivity index (χ0) is 24.0. The highest BCUT2D eigenvalue weighted by Crippen LogP contribution is 2.36. The number of aromatic nitrogens is 1. The molecule has 34 heavy (non-hydrogen) atoms. The van der Waals surface area contributed by atoms with Crippen LogP contribution in [-0.4, -0.2) is 41.0 Å². The van der Waals surface area contributed by atoms with Crippen molar-refractivity contribution in [3.8, 4) is 5.75 Å². The Balaban J connectivity index is 1.76. The first-order valence-corrected chi connectivity index (χ1v) is 11.8. The van der Waals surface area contributed by atoms with Crippen molar-refractivity contribution in [3.05, 3.63) is 96.1 Å².